The van der Waals surface area contributed by atoms with E-state index < -0.39 is 0 Å². The molecule has 24 heavy (non-hydrogen) atoms. The van der Waals surface area contributed by atoms with E-state index in [1.807, 2.05) is 6.07 Å². The largest absolute Gasteiger partial charge is 0.485 e. The van der Waals surface area contributed by atoms with E-state index in [0.29, 0.717) is 12.6 Å². The summed E-state index contributed by atoms with van der Waals surface area (Å²) in [7, 11) is 0. The van der Waals surface area contributed by atoms with Crippen molar-refractivity contribution in [3.05, 3.63) is 53.1 Å². The fraction of sp³-hybridized carbons (Fsp3) is 0.368. The van der Waals surface area contributed by atoms with Crippen LogP contribution in [0.4, 0.5) is 5.69 Å². The standard InChI is InChI=1S/C19H21N3O2/c1-2-14(9-16-12(1)5-7-20-16)19-11-23-17-4-3-13(10-18(17)24-19)15-6-8-21-22-15/h1-4,9-10,15,19-22H,5-8,11H2. The molecule has 0 radical (unpaired) electrons. The molecule has 3 aliphatic heterocycles. The molecule has 0 spiro atoms. The van der Waals surface area contributed by atoms with Crippen molar-refractivity contribution in [3.8, 4) is 11.5 Å². The van der Waals surface area contributed by atoms with Gasteiger partial charge in [0, 0.05) is 24.8 Å². The smallest absolute Gasteiger partial charge is 0.162 e. The van der Waals surface area contributed by atoms with Crippen LogP contribution in [0.1, 0.15) is 35.3 Å². The second-order valence-electron chi connectivity index (χ2n) is 6.63. The first-order chi connectivity index (χ1) is 11.9. The van der Waals surface area contributed by atoms with Crippen molar-refractivity contribution in [2.24, 2.45) is 0 Å². The van der Waals surface area contributed by atoms with Crippen LogP contribution in [0.25, 0.3) is 0 Å². The first kappa shape index (κ1) is 14.1. The molecule has 0 amide bonds. The van der Waals surface area contributed by atoms with Gasteiger partial charge in [-0.05, 0) is 47.7 Å². The summed E-state index contributed by atoms with van der Waals surface area (Å²) in [5.41, 5.74) is 11.5. The maximum absolute atomic E-state index is 6.28. The Morgan fingerprint density at radius 2 is 1.92 bits per heavy atom. The highest BCUT2D eigenvalue weighted by atomic mass is 16.6. The zero-order valence-electron chi connectivity index (χ0n) is 13.5. The van der Waals surface area contributed by atoms with E-state index in [1.54, 1.807) is 0 Å². The van der Waals surface area contributed by atoms with Crippen molar-refractivity contribution in [2.45, 2.75) is 25.0 Å². The van der Waals surface area contributed by atoms with Crippen LogP contribution in [-0.4, -0.2) is 19.7 Å². The molecule has 5 rings (SSSR count). The van der Waals surface area contributed by atoms with E-state index in [9.17, 15) is 0 Å². The monoisotopic (exact) mass is 323 g/mol. The SMILES string of the molecule is c1cc2c(cc1C1CCNN1)OC(c1ccc3c(c1)NCC3)CO2. The van der Waals surface area contributed by atoms with Crippen LogP contribution in [0.2, 0.25) is 0 Å². The average molecular weight is 323 g/mol. The number of hydrazine groups is 1. The number of fused-ring (bicyclic) bond motifs is 2. The molecule has 1 fully saturated rings. The molecule has 2 aromatic rings. The van der Waals surface area contributed by atoms with Crippen molar-refractivity contribution in [1.82, 2.24) is 10.9 Å². The highest BCUT2D eigenvalue weighted by Gasteiger charge is 2.26. The van der Waals surface area contributed by atoms with Crippen molar-refractivity contribution in [3.63, 3.8) is 0 Å². The van der Waals surface area contributed by atoms with Gasteiger partial charge >= 0.3 is 0 Å². The number of nitrogens with one attached hydrogen (secondary N) is 3. The van der Waals surface area contributed by atoms with Crippen LogP contribution in [0.15, 0.2) is 36.4 Å². The number of ether oxygens (including phenoxy) is 2. The molecule has 2 unspecified atom stereocenters. The molecule has 3 aliphatic rings. The molecule has 2 aromatic carbocycles. The van der Waals surface area contributed by atoms with Crippen LogP contribution in [0, 0.1) is 0 Å². The van der Waals surface area contributed by atoms with Crippen LogP contribution in [0.5, 0.6) is 11.5 Å². The zero-order chi connectivity index (χ0) is 15.9. The minimum absolute atomic E-state index is 0.0601. The summed E-state index contributed by atoms with van der Waals surface area (Å²) in [5.74, 6) is 1.67. The average Bonchev–Trinajstić information content (AvgIpc) is 3.31. The van der Waals surface area contributed by atoms with E-state index in [-0.39, 0.29) is 6.10 Å². The van der Waals surface area contributed by atoms with Gasteiger partial charge in [-0.25, -0.2) is 0 Å². The first-order valence-electron chi connectivity index (χ1n) is 8.65. The summed E-state index contributed by atoms with van der Waals surface area (Å²) < 4.78 is 12.2. The van der Waals surface area contributed by atoms with E-state index in [2.05, 4.69) is 46.5 Å². The van der Waals surface area contributed by atoms with Gasteiger partial charge in [-0.15, -0.1) is 0 Å². The van der Waals surface area contributed by atoms with Gasteiger partial charge in [0.25, 0.3) is 0 Å². The maximum atomic E-state index is 6.28. The topological polar surface area (TPSA) is 54.5 Å². The number of hydrogen-bond donors (Lipinski definition) is 3. The van der Waals surface area contributed by atoms with Crippen molar-refractivity contribution in [1.29, 1.82) is 0 Å². The second-order valence-corrected chi connectivity index (χ2v) is 6.63. The zero-order valence-corrected chi connectivity index (χ0v) is 13.5. The van der Waals surface area contributed by atoms with Crippen LogP contribution in [0.3, 0.4) is 0 Å². The van der Waals surface area contributed by atoms with E-state index >= 15 is 0 Å². The summed E-state index contributed by atoms with van der Waals surface area (Å²) in [6, 6.07) is 13.2. The first-order valence-corrected chi connectivity index (χ1v) is 8.65. The normalized spacial score (nSPS) is 24.5. The summed E-state index contributed by atoms with van der Waals surface area (Å²) in [6.07, 6.45) is 2.13. The van der Waals surface area contributed by atoms with Crippen molar-refractivity contribution >= 4 is 5.69 Å². The lowest BCUT2D eigenvalue weighted by Gasteiger charge is -2.28. The molecule has 3 heterocycles. The summed E-state index contributed by atoms with van der Waals surface area (Å²) in [6.45, 7) is 2.56. The number of benzene rings is 2. The third kappa shape index (κ3) is 2.41. The molecule has 1 saturated heterocycles. The minimum Gasteiger partial charge on any atom is -0.485 e. The number of hydrogen-bond acceptors (Lipinski definition) is 5. The van der Waals surface area contributed by atoms with Gasteiger partial charge in [-0.3, -0.25) is 10.9 Å². The van der Waals surface area contributed by atoms with Crippen molar-refractivity contribution < 1.29 is 9.47 Å². The van der Waals surface area contributed by atoms with Crippen LogP contribution in [-0.2, 0) is 6.42 Å². The molecule has 124 valence electrons. The fourth-order valence-electron chi connectivity index (χ4n) is 3.71. The Morgan fingerprint density at radius 3 is 2.83 bits per heavy atom. The third-order valence-corrected chi connectivity index (χ3v) is 5.08. The Morgan fingerprint density at radius 1 is 0.958 bits per heavy atom. The van der Waals surface area contributed by atoms with Gasteiger partial charge in [-0.1, -0.05) is 18.2 Å². The highest BCUT2D eigenvalue weighted by molar-refractivity contribution is 5.57. The molecular formula is C19H21N3O2. The second kappa shape index (κ2) is 5.69. The van der Waals surface area contributed by atoms with E-state index in [0.717, 1.165) is 37.4 Å². The number of rotatable bonds is 2. The molecule has 3 N–H and O–H groups in total. The predicted molar refractivity (Wildman–Crippen MR) is 92.4 cm³/mol. The molecule has 5 nitrogen and oxygen atoms in total. The Kier molecular flexibility index (Phi) is 3.35. The van der Waals surface area contributed by atoms with E-state index in [1.165, 1.54) is 22.4 Å². The lowest BCUT2D eigenvalue weighted by Crippen LogP contribution is -2.25. The number of anilines is 1. The van der Waals surface area contributed by atoms with Crippen molar-refractivity contribution in [2.75, 3.05) is 25.0 Å². The molecular weight excluding hydrogens is 302 g/mol. The van der Waals surface area contributed by atoms with Gasteiger partial charge in [0.15, 0.2) is 17.6 Å². The lowest BCUT2D eigenvalue weighted by molar-refractivity contribution is 0.0911. The molecule has 2 atom stereocenters. The molecule has 5 heteroatoms. The predicted octanol–water partition coefficient (Wildman–Crippen LogP) is 2.71. The summed E-state index contributed by atoms with van der Waals surface area (Å²) >= 11 is 0. The summed E-state index contributed by atoms with van der Waals surface area (Å²) in [5, 5.41) is 3.43. The molecule has 0 bridgehead atoms. The van der Waals surface area contributed by atoms with E-state index in [4.69, 9.17) is 9.47 Å². The van der Waals surface area contributed by atoms with Crippen LogP contribution < -0.4 is 25.6 Å². The Balaban J connectivity index is 1.41. The van der Waals surface area contributed by atoms with Gasteiger partial charge in [-0.2, -0.15) is 0 Å². The highest BCUT2D eigenvalue weighted by Crippen LogP contribution is 2.39. The third-order valence-electron chi connectivity index (χ3n) is 5.08. The Bertz CT molecular complexity index is 771. The quantitative estimate of drug-likeness (QED) is 0.793. The van der Waals surface area contributed by atoms with Gasteiger partial charge in [0.2, 0.25) is 0 Å². The maximum Gasteiger partial charge on any atom is 0.162 e. The van der Waals surface area contributed by atoms with Gasteiger partial charge < -0.3 is 14.8 Å². The fourth-order valence-corrected chi connectivity index (χ4v) is 3.71. The Hall–Kier alpha value is -2.24. The minimum atomic E-state index is -0.0601. The van der Waals surface area contributed by atoms with Gasteiger partial charge in [0.05, 0.1) is 0 Å². The van der Waals surface area contributed by atoms with Crippen LogP contribution >= 0.6 is 0 Å². The molecule has 0 aromatic heterocycles. The summed E-state index contributed by atoms with van der Waals surface area (Å²) in [4.78, 5) is 0. The molecule has 0 aliphatic carbocycles. The Labute approximate surface area is 141 Å². The van der Waals surface area contributed by atoms with Gasteiger partial charge in [0.1, 0.15) is 6.61 Å². The molecule has 0 saturated carbocycles. The lowest BCUT2D eigenvalue weighted by atomic mass is 10.0.